The van der Waals surface area contributed by atoms with E-state index < -0.39 is 0 Å². The Bertz CT molecular complexity index is 1100. The normalized spacial score (nSPS) is 18.5. The Morgan fingerprint density at radius 2 is 1.83 bits per heavy atom. The molecule has 154 valence electrons. The van der Waals surface area contributed by atoms with Gasteiger partial charge in [0.25, 0.3) is 5.91 Å². The largest absolute Gasteiger partial charge is 0.340 e. The molecule has 5 rings (SSSR count). The van der Waals surface area contributed by atoms with Crippen molar-refractivity contribution in [2.45, 2.75) is 25.8 Å². The van der Waals surface area contributed by atoms with Crippen LogP contribution in [0.5, 0.6) is 0 Å². The molecule has 0 aliphatic carbocycles. The average Bonchev–Trinajstić information content (AvgIpc) is 3.26. The molecule has 2 aromatic heterocycles. The first-order chi connectivity index (χ1) is 14.5. The van der Waals surface area contributed by atoms with Gasteiger partial charge in [0.15, 0.2) is 0 Å². The fourth-order valence-corrected chi connectivity index (χ4v) is 5.01. The fraction of sp³-hybridized carbons (Fsp3) is 0.375. The van der Waals surface area contributed by atoms with E-state index in [1.165, 1.54) is 0 Å². The number of para-hydroxylation sites is 1. The van der Waals surface area contributed by atoms with Gasteiger partial charge in [-0.15, -0.1) is 0 Å². The van der Waals surface area contributed by atoms with Crippen molar-refractivity contribution in [3.05, 3.63) is 66.1 Å². The number of likely N-dealkylation sites (tertiary alicyclic amines) is 2. The zero-order valence-corrected chi connectivity index (χ0v) is 17.3. The number of aromatic nitrogens is 2. The van der Waals surface area contributed by atoms with Crippen molar-refractivity contribution in [3.8, 4) is 0 Å². The van der Waals surface area contributed by atoms with Gasteiger partial charge in [-0.3, -0.25) is 14.6 Å². The predicted molar refractivity (Wildman–Crippen MR) is 115 cm³/mol. The molecule has 0 radical (unpaired) electrons. The van der Waals surface area contributed by atoms with Gasteiger partial charge in [0, 0.05) is 68.4 Å². The van der Waals surface area contributed by atoms with Crippen molar-refractivity contribution in [1.29, 1.82) is 0 Å². The summed E-state index contributed by atoms with van der Waals surface area (Å²) in [4.78, 5) is 33.8. The fourth-order valence-electron chi connectivity index (χ4n) is 5.01. The quantitative estimate of drug-likeness (QED) is 0.676. The van der Waals surface area contributed by atoms with Gasteiger partial charge in [-0.2, -0.15) is 0 Å². The third-order valence-corrected chi connectivity index (χ3v) is 6.81. The van der Waals surface area contributed by atoms with Gasteiger partial charge in [-0.25, -0.2) is 0 Å². The topological polar surface area (TPSA) is 58.4 Å². The van der Waals surface area contributed by atoms with Crippen LogP contribution in [0.25, 0.3) is 10.9 Å². The third kappa shape index (κ3) is 3.26. The van der Waals surface area contributed by atoms with E-state index in [0.717, 1.165) is 41.5 Å². The summed E-state index contributed by atoms with van der Waals surface area (Å²) in [7, 11) is 1.95. The first-order valence-electron chi connectivity index (χ1n) is 10.6. The Kier molecular flexibility index (Phi) is 4.57. The summed E-state index contributed by atoms with van der Waals surface area (Å²) in [6.45, 7) is 2.83. The molecule has 2 aliphatic rings. The summed E-state index contributed by atoms with van der Waals surface area (Å²) >= 11 is 0. The van der Waals surface area contributed by atoms with Crippen LogP contribution in [0.3, 0.4) is 0 Å². The summed E-state index contributed by atoms with van der Waals surface area (Å²) < 4.78 is 1.98. The number of benzene rings is 1. The van der Waals surface area contributed by atoms with E-state index in [9.17, 15) is 9.59 Å². The lowest BCUT2D eigenvalue weighted by Gasteiger charge is -2.38. The van der Waals surface area contributed by atoms with Crippen LogP contribution in [-0.4, -0.2) is 50.8 Å². The number of pyridine rings is 1. The van der Waals surface area contributed by atoms with Crippen LogP contribution in [0.4, 0.5) is 0 Å². The van der Waals surface area contributed by atoms with Crippen LogP contribution < -0.4 is 0 Å². The number of amides is 2. The second-order valence-corrected chi connectivity index (χ2v) is 8.72. The second kappa shape index (κ2) is 7.27. The number of piperidine rings is 1. The lowest BCUT2D eigenvalue weighted by Crippen LogP contribution is -2.44. The summed E-state index contributed by atoms with van der Waals surface area (Å²) in [6, 6.07) is 14.0. The van der Waals surface area contributed by atoms with Gasteiger partial charge in [-0.1, -0.05) is 18.2 Å². The zero-order chi connectivity index (χ0) is 20.7. The minimum absolute atomic E-state index is 0.000183. The summed E-state index contributed by atoms with van der Waals surface area (Å²) in [6.07, 6.45) is 5.88. The van der Waals surface area contributed by atoms with Crippen molar-refractivity contribution in [2.24, 2.45) is 12.5 Å². The Morgan fingerprint density at radius 3 is 2.57 bits per heavy atom. The maximum absolute atomic E-state index is 13.2. The van der Waals surface area contributed by atoms with Gasteiger partial charge in [-0.05, 0) is 42.7 Å². The van der Waals surface area contributed by atoms with E-state index in [1.54, 1.807) is 12.4 Å². The smallest absolute Gasteiger partial charge is 0.270 e. The molecule has 0 saturated carbocycles. The summed E-state index contributed by atoms with van der Waals surface area (Å²) in [5.74, 6) is 0.307. The minimum atomic E-state index is -0.000183. The number of aryl methyl sites for hydroxylation is 1. The lowest BCUT2D eigenvalue weighted by molar-refractivity contribution is -0.128. The zero-order valence-electron chi connectivity index (χ0n) is 17.3. The average molecular weight is 402 g/mol. The standard InChI is InChI=1S/C24H26N4O2/c1-26-20-5-3-2-4-19(20)14-21(26)23(30)27-12-8-24(9-13-27)15-22(29)28(17-24)16-18-6-10-25-11-7-18/h2-7,10-11,14H,8-9,12-13,15-17H2,1H3. The molecule has 0 atom stereocenters. The van der Waals surface area contributed by atoms with Gasteiger partial charge in [0.2, 0.25) is 5.91 Å². The van der Waals surface area contributed by atoms with Crippen LogP contribution in [-0.2, 0) is 18.4 Å². The summed E-state index contributed by atoms with van der Waals surface area (Å²) in [5, 5.41) is 1.09. The number of carbonyl (C=O) groups is 2. The highest BCUT2D eigenvalue weighted by Crippen LogP contribution is 2.41. The van der Waals surface area contributed by atoms with Gasteiger partial charge >= 0.3 is 0 Å². The van der Waals surface area contributed by atoms with Crippen LogP contribution >= 0.6 is 0 Å². The Balaban J connectivity index is 1.26. The molecule has 1 aromatic carbocycles. The highest BCUT2D eigenvalue weighted by Gasteiger charge is 2.45. The van der Waals surface area contributed by atoms with Crippen LogP contribution in [0, 0.1) is 5.41 Å². The van der Waals surface area contributed by atoms with E-state index in [1.807, 2.05) is 63.9 Å². The molecule has 1 spiro atoms. The molecule has 6 nitrogen and oxygen atoms in total. The Hall–Kier alpha value is -3.15. The maximum atomic E-state index is 13.2. The molecule has 2 fully saturated rings. The second-order valence-electron chi connectivity index (χ2n) is 8.72. The Morgan fingerprint density at radius 1 is 1.10 bits per heavy atom. The van der Waals surface area contributed by atoms with Crippen molar-refractivity contribution in [3.63, 3.8) is 0 Å². The molecule has 30 heavy (non-hydrogen) atoms. The molecule has 0 N–H and O–H groups in total. The maximum Gasteiger partial charge on any atom is 0.270 e. The molecule has 3 aromatic rings. The van der Waals surface area contributed by atoms with Gasteiger partial charge in [0.05, 0.1) is 0 Å². The SMILES string of the molecule is Cn1c(C(=O)N2CCC3(CC2)CC(=O)N(Cc2ccncc2)C3)cc2ccccc21. The number of nitrogens with zero attached hydrogens (tertiary/aromatic N) is 4. The molecule has 2 saturated heterocycles. The molecule has 2 aliphatic heterocycles. The van der Waals surface area contributed by atoms with E-state index in [2.05, 4.69) is 4.98 Å². The number of hydrogen-bond acceptors (Lipinski definition) is 3. The Labute approximate surface area is 176 Å². The number of rotatable bonds is 3. The summed E-state index contributed by atoms with van der Waals surface area (Å²) in [5.41, 5.74) is 2.91. The molecule has 2 amide bonds. The van der Waals surface area contributed by atoms with E-state index in [-0.39, 0.29) is 17.2 Å². The molecule has 0 unspecified atom stereocenters. The van der Waals surface area contributed by atoms with Crippen LogP contribution in [0.1, 0.15) is 35.3 Å². The molecule has 4 heterocycles. The predicted octanol–water partition coefficient (Wildman–Crippen LogP) is 3.23. The third-order valence-electron chi connectivity index (χ3n) is 6.81. The monoisotopic (exact) mass is 402 g/mol. The van der Waals surface area contributed by atoms with E-state index in [0.29, 0.717) is 26.1 Å². The van der Waals surface area contributed by atoms with E-state index in [4.69, 9.17) is 0 Å². The van der Waals surface area contributed by atoms with Crippen LogP contribution in [0.2, 0.25) is 0 Å². The highest BCUT2D eigenvalue weighted by molar-refractivity contribution is 5.98. The van der Waals surface area contributed by atoms with Crippen LogP contribution in [0.15, 0.2) is 54.9 Å². The minimum Gasteiger partial charge on any atom is -0.340 e. The van der Waals surface area contributed by atoms with Crippen molar-refractivity contribution >= 4 is 22.7 Å². The first-order valence-corrected chi connectivity index (χ1v) is 10.6. The van der Waals surface area contributed by atoms with Crippen molar-refractivity contribution in [2.75, 3.05) is 19.6 Å². The van der Waals surface area contributed by atoms with E-state index >= 15 is 0 Å². The molecular weight excluding hydrogens is 376 g/mol. The van der Waals surface area contributed by atoms with Gasteiger partial charge < -0.3 is 14.4 Å². The lowest BCUT2D eigenvalue weighted by atomic mass is 9.77. The van der Waals surface area contributed by atoms with Crippen molar-refractivity contribution in [1.82, 2.24) is 19.4 Å². The number of carbonyl (C=O) groups excluding carboxylic acids is 2. The van der Waals surface area contributed by atoms with Gasteiger partial charge in [0.1, 0.15) is 5.69 Å². The highest BCUT2D eigenvalue weighted by atomic mass is 16.2. The number of fused-ring (bicyclic) bond motifs is 1. The molecular formula is C24H26N4O2. The van der Waals surface area contributed by atoms with Crippen molar-refractivity contribution < 1.29 is 9.59 Å². The molecule has 0 bridgehead atoms. The number of hydrogen-bond donors (Lipinski definition) is 0. The first kappa shape index (κ1) is 18.9. The molecule has 6 heteroatoms.